The average Bonchev–Trinajstić information content (AvgIpc) is 2.64. The third kappa shape index (κ3) is 3.31. The first kappa shape index (κ1) is 14.7. The fourth-order valence-electron chi connectivity index (χ4n) is 2.46. The lowest BCUT2D eigenvalue weighted by atomic mass is 10.1. The topological polar surface area (TPSA) is 46.2 Å². The zero-order valence-electron chi connectivity index (χ0n) is 12.1. The van der Waals surface area contributed by atoms with Gasteiger partial charge in [-0.3, -0.25) is 9.59 Å². The summed E-state index contributed by atoms with van der Waals surface area (Å²) >= 11 is 0. The summed E-state index contributed by atoms with van der Waals surface area (Å²) in [6.07, 6.45) is 3.61. The summed E-state index contributed by atoms with van der Waals surface area (Å²) < 4.78 is 0. The molecule has 1 fully saturated rings. The maximum absolute atomic E-state index is 12.1. The molecule has 0 heterocycles. The molecular weight excluding hydrogens is 226 g/mol. The molecule has 0 aliphatic heterocycles. The summed E-state index contributed by atoms with van der Waals surface area (Å²) in [4.78, 5) is 23.0. The van der Waals surface area contributed by atoms with Crippen molar-refractivity contribution < 1.29 is 9.59 Å². The first-order valence-electron chi connectivity index (χ1n) is 6.31. The molecule has 1 amide bonds. The van der Waals surface area contributed by atoms with E-state index < -0.39 is 0 Å². The molecule has 0 unspecified atom stereocenters. The van der Waals surface area contributed by atoms with Gasteiger partial charge in [0.2, 0.25) is 5.91 Å². The zero-order valence-corrected chi connectivity index (χ0v) is 12.1. The predicted molar refractivity (Wildman–Crippen MR) is 72.8 cm³/mol. The molecule has 1 aliphatic rings. The molecule has 3 nitrogen and oxygen atoms in total. The Hall–Kier alpha value is -1.38. The van der Waals surface area contributed by atoms with Crippen LogP contribution in [-0.2, 0) is 9.59 Å². The van der Waals surface area contributed by atoms with Gasteiger partial charge in [0.05, 0.1) is 5.92 Å². The molecular formula is C15H23NO2. The van der Waals surface area contributed by atoms with Gasteiger partial charge >= 0.3 is 0 Å². The van der Waals surface area contributed by atoms with Crippen LogP contribution in [0.5, 0.6) is 0 Å². The summed E-state index contributed by atoms with van der Waals surface area (Å²) in [5.41, 5.74) is 1.86. The number of rotatable bonds is 4. The van der Waals surface area contributed by atoms with Crippen molar-refractivity contribution in [3.63, 3.8) is 0 Å². The quantitative estimate of drug-likeness (QED) is 0.615. The molecule has 1 saturated carbocycles. The number of allylic oxidation sites excluding steroid dienone is 4. The molecule has 2 atom stereocenters. The van der Waals surface area contributed by atoms with E-state index >= 15 is 0 Å². The number of hydrogen-bond donors (Lipinski definition) is 1. The molecule has 0 saturated heterocycles. The number of carbonyl (C=O) groups excluding carboxylic acids is 2. The molecule has 0 aromatic rings. The van der Waals surface area contributed by atoms with Gasteiger partial charge in [0, 0.05) is 5.70 Å². The van der Waals surface area contributed by atoms with Gasteiger partial charge in [-0.25, -0.2) is 0 Å². The zero-order chi connectivity index (χ0) is 14.1. The lowest BCUT2D eigenvalue weighted by molar-refractivity contribution is -0.122. The standard InChI is InChI=1S/C15H23NO2/c1-9(2)7-12-13(15(12,5)6)14(18)16-10(3)8-11(4)17/h7-8,12-13H,1-6H3,(H,16,18)/b10-8+/t12-,13-/m0/s1. The lowest BCUT2D eigenvalue weighted by Gasteiger charge is -2.05. The molecule has 100 valence electrons. The van der Waals surface area contributed by atoms with Crippen molar-refractivity contribution in [3.8, 4) is 0 Å². The summed E-state index contributed by atoms with van der Waals surface area (Å²) in [6.45, 7) is 11.5. The van der Waals surface area contributed by atoms with E-state index in [1.54, 1.807) is 6.92 Å². The molecule has 0 spiro atoms. The van der Waals surface area contributed by atoms with Crippen molar-refractivity contribution in [3.05, 3.63) is 23.4 Å². The average molecular weight is 249 g/mol. The molecule has 0 aromatic carbocycles. The largest absolute Gasteiger partial charge is 0.330 e. The molecule has 0 bridgehead atoms. The third-order valence-corrected chi connectivity index (χ3v) is 3.45. The predicted octanol–water partition coefficient (Wildman–Crippen LogP) is 2.83. The number of nitrogens with one attached hydrogen (secondary N) is 1. The van der Waals surface area contributed by atoms with E-state index in [0.717, 1.165) is 0 Å². The van der Waals surface area contributed by atoms with Crippen molar-refractivity contribution in [2.75, 3.05) is 0 Å². The molecule has 1 rings (SSSR count). The van der Waals surface area contributed by atoms with Gasteiger partial charge in [-0.1, -0.05) is 25.5 Å². The van der Waals surface area contributed by atoms with Gasteiger partial charge in [0.25, 0.3) is 0 Å². The van der Waals surface area contributed by atoms with E-state index in [2.05, 4.69) is 25.2 Å². The monoisotopic (exact) mass is 249 g/mol. The maximum Gasteiger partial charge on any atom is 0.228 e. The summed E-state index contributed by atoms with van der Waals surface area (Å²) in [7, 11) is 0. The number of hydrogen-bond acceptors (Lipinski definition) is 2. The van der Waals surface area contributed by atoms with Crippen molar-refractivity contribution in [2.24, 2.45) is 17.3 Å². The Kier molecular flexibility index (Phi) is 4.15. The fraction of sp³-hybridized carbons (Fsp3) is 0.600. The Labute approximate surface area is 109 Å². The Balaban J connectivity index is 2.70. The summed E-state index contributed by atoms with van der Waals surface area (Å²) in [5.74, 6) is 0.261. The van der Waals surface area contributed by atoms with Crippen molar-refractivity contribution in [2.45, 2.75) is 41.5 Å². The highest BCUT2D eigenvalue weighted by molar-refractivity contribution is 5.90. The van der Waals surface area contributed by atoms with E-state index in [-0.39, 0.29) is 23.0 Å². The van der Waals surface area contributed by atoms with Crippen LogP contribution in [-0.4, -0.2) is 11.7 Å². The van der Waals surface area contributed by atoms with E-state index in [1.165, 1.54) is 18.6 Å². The first-order chi connectivity index (χ1) is 8.16. The van der Waals surface area contributed by atoms with E-state index in [9.17, 15) is 9.59 Å². The van der Waals surface area contributed by atoms with Gasteiger partial charge in [-0.2, -0.15) is 0 Å². The lowest BCUT2D eigenvalue weighted by Crippen LogP contribution is -2.25. The minimum Gasteiger partial charge on any atom is -0.330 e. The molecule has 0 aromatic heterocycles. The maximum atomic E-state index is 12.1. The second-order valence-electron chi connectivity index (χ2n) is 6.00. The Morgan fingerprint density at radius 3 is 2.11 bits per heavy atom. The number of ketones is 1. The van der Waals surface area contributed by atoms with Crippen LogP contribution in [0, 0.1) is 17.3 Å². The highest BCUT2D eigenvalue weighted by Gasteiger charge is 2.60. The SMILES string of the molecule is CC(=O)/C=C(\C)NC(=O)[C@@H]1[C@H](C=C(C)C)C1(C)C. The van der Waals surface area contributed by atoms with Crippen LogP contribution in [0.1, 0.15) is 41.5 Å². The van der Waals surface area contributed by atoms with Gasteiger partial charge in [-0.05, 0) is 45.1 Å². The number of carbonyl (C=O) groups is 2. The van der Waals surface area contributed by atoms with Gasteiger partial charge < -0.3 is 5.32 Å². The second-order valence-corrected chi connectivity index (χ2v) is 6.00. The molecule has 0 radical (unpaired) electrons. The Morgan fingerprint density at radius 1 is 1.11 bits per heavy atom. The Morgan fingerprint density at radius 2 is 1.67 bits per heavy atom. The smallest absolute Gasteiger partial charge is 0.228 e. The fourth-order valence-corrected chi connectivity index (χ4v) is 2.46. The molecule has 3 heteroatoms. The summed E-state index contributed by atoms with van der Waals surface area (Å²) in [6, 6.07) is 0. The van der Waals surface area contributed by atoms with Gasteiger partial charge in [0.15, 0.2) is 5.78 Å². The van der Waals surface area contributed by atoms with Gasteiger partial charge in [0.1, 0.15) is 0 Å². The summed E-state index contributed by atoms with van der Waals surface area (Å²) in [5, 5.41) is 2.80. The Bertz CT molecular complexity index is 426. The molecule has 1 N–H and O–H groups in total. The minimum absolute atomic E-state index is 0.00251. The molecule has 18 heavy (non-hydrogen) atoms. The minimum atomic E-state index is -0.0521. The third-order valence-electron chi connectivity index (χ3n) is 3.45. The first-order valence-corrected chi connectivity index (χ1v) is 6.31. The normalized spacial score (nSPS) is 25.3. The molecule has 1 aliphatic carbocycles. The van der Waals surface area contributed by atoms with Gasteiger partial charge in [-0.15, -0.1) is 0 Å². The van der Waals surface area contributed by atoms with Crippen LogP contribution in [0.2, 0.25) is 0 Å². The van der Waals surface area contributed by atoms with Crippen LogP contribution in [0.4, 0.5) is 0 Å². The van der Waals surface area contributed by atoms with Crippen LogP contribution < -0.4 is 5.32 Å². The van der Waals surface area contributed by atoms with E-state index in [4.69, 9.17) is 0 Å². The number of amides is 1. The second kappa shape index (κ2) is 5.09. The van der Waals surface area contributed by atoms with Crippen LogP contribution in [0.25, 0.3) is 0 Å². The van der Waals surface area contributed by atoms with E-state index in [1.807, 2.05) is 13.8 Å². The van der Waals surface area contributed by atoms with Crippen molar-refractivity contribution in [1.82, 2.24) is 5.32 Å². The van der Waals surface area contributed by atoms with E-state index in [0.29, 0.717) is 11.6 Å². The van der Waals surface area contributed by atoms with Crippen LogP contribution in [0.15, 0.2) is 23.4 Å². The van der Waals surface area contributed by atoms with Crippen LogP contribution in [0.3, 0.4) is 0 Å². The highest BCUT2D eigenvalue weighted by Crippen LogP contribution is 2.59. The van der Waals surface area contributed by atoms with Crippen LogP contribution >= 0.6 is 0 Å². The van der Waals surface area contributed by atoms with Crippen molar-refractivity contribution in [1.29, 1.82) is 0 Å². The van der Waals surface area contributed by atoms with Crippen molar-refractivity contribution >= 4 is 11.7 Å². The highest BCUT2D eigenvalue weighted by atomic mass is 16.2.